The lowest BCUT2D eigenvalue weighted by Gasteiger charge is -2.17. The Labute approximate surface area is 169 Å². The highest BCUT2D eigenvalue weighted by atomic mass is 32.2. The fourth-order valence-electron chi connectivity index (χ4n) is 2.35. The Balaban J connectivity index is 2.05. The van der Waals surface area contributed by atoms with Crippen molar-refractivity contribution in [3.05, 3.63) is 54.1 Å². The number of ether oxygens (including phenoxy) is 1. The molecular weight excluding hydrogens is 400 g/mol. The minimum atomic E-state index is -3.79. The Hall–Kier alpha value is -2.36. The number of benzene rings is 2. The van der Waals surface area contributed by atoms with E-state index in [1.165, 1.54) is 37.0 Å². The predicted octanol–water partition coefficient (Wildman–Crippen LogP) is 2.84. The van der Waals surface area contributed by atoms with Crippen molar-refractivity contribution in [1.29, 1.82) is 0 Å². The van der Waals surface area contributed by atoms with Crippen LogP contribution in [-0.4, -0.2) is 51.1 Å². The summed E-state index contributed by atoms with van der Waals surface area (Å²) in [5.41, 5.74) is 0.681. The summed E-state index contributed by atoms with van der Waals surface area (Å²) in [6.07, 6.45) is 1.90. The van der Waals surface area contributed by atoms with Gasteiger partial charge in [-0.2, -0.15) is 4.31 Å². The summed E-state index contributed by atoms with van der Waals surface area (Å²) in [6.45, 7) is 1.58. The van der Waals surface area contributed by atoms with E-state index < -0.39 is 21.9 Å². The van der Waals surface area contributed by atoms with Gasteiger partial charge in [-0.3, -0.25) is 4.79 Å². The lowest BCUT2D eigenvalue weighted by atomic mass is 10.2. The lowest BCUT2D eigenvalue weighted by molar-refractivity contribution is -0.116. The Morgan fingerprint density at radius 1 is 1.14 bits per heavy atom. The van der Waals surface area contributed by atoms with Crippen molar-refractivity contribution in [3.8, 4) is 0 Å². The van der Waals surface area contributed by atoms with Gasteiger partial charge in [-0.15, -0.1) is 11.8 Å². The number of sulfonamides is 1. The maximum atomic E-state index is 12.6. The molecule has 2 aromatic rings. The van der Waals surface area contributed by atoms with Crippen molar-refractivity contribution in [1.82, 2.24) is 4.31 Å². The molecule has 150 valence electrons. The quantitative estimate of drug-likeness (QED) is 0.519. The fraction of sp³-hybridized carbons (Fsp3) is 0.263. The van der Waals surface area contributed by atoms with Gasteiger partial charge in [0.25, 0.3) is 0 Å². The molecule has 2 rings (SSSR count). The highest BCUT2D eigenvalue weighted by Crippen LogP contribution is 2.20. The highest BCUT2D eigenvalue weighted by Gasteiger charge is 2.23. The monoisotopic (exact) mass is 422 g/mol. The Morgan fingerprint density at radius 3 is 2.43 bits per heavy atom. The molecule has 0 aliphatic rings. The normalized spacial score (nSPS) is 11.3. The molecular formula is C19H22N2O5S2. The van der Waals surface area contributed by atoms with Gasteiger partial charge < -0.3 is 10.1 Å². The first-order valence-electron chi connectivity index (χ1n) is 8.45. The molecule has 0 aliphatic carbocycles. The number of hydrogen-bond acceptors (Lipinski definition) is 6. The molecule has 0 atom stereocenters. The van der Waals surface area contributed by atoms with E-state index in [0.29, 0.717) is 11.3 Å². The number of amides is 1. The summed E-state index contributed by atoms with van der Waals surface area (Å²) >= 11 is 1.51. The Bertz CT molecular complexity index is 943. The smallest absolute Gasteiger partial charge is 0.338 e. The van der Waals surface area contributed by atoms with E-state index in [-0.39, 0.29) is 18.0 Å². The number of anilines is 1. The predicted molar refractivity (Wildman–Crippen MR) is 109 cm³/mol. The number of carbonyl (C=O) groups excluding carboxylic acids is 2. The van der Waals surface area contributed by atoms with Crippen LogP contribution in [0, 0.1) is 0 Å². The molecule has 0 spiro atoms. The zero-order chi connectivity index (χ0) is 20.7. The van der Waals surface area contributed by atoms with Crippen LogP contribution in [0.5, 0.6) is 0 Å². The zero-order valence-corrected chi connectivity index (χ0v) is 17.5. The van der Waals surface area contributed by atoms with Crippen molar-refractivity contribution in [2.45, 2.75) is 16.7 Å². The van der Waals surface area contributed by atoms with Crippen LogP contribution >= 0.6 is 11.8 Å². The van der Waals surface area contributed by atoms with E-state index >= 15 is 0 Å². The summed E-state index contributed by atoms with van der Waals surface area (Å²) < 4.78 is 31.1. The molecule has 2 aromatic carbocycles. The van der Waals surface area contributed by atoms with Crippen molar-refractivity contribution >= 4 is 39.3 Å². The number of rotatable bonds is 8. The summed E-state index contributed by atoms with van der Waals surface area (Å²) in [6, 6.07) is 12.7. The maximum absolute atomic E-state index is 12.6. The van der Waals surface area contributed by atoms with Crippen LogP contribution in [0.3, 0.4) is 0 Å². The van der Waals surface area contributed by atoms with Gasteiger partial charge in [0, 0.05) is 17.6 Å². The van der Waals surface area contributed by atoms with Crippen LogP contribution < -0.4 is 5.32 Å². The number of nitrogens with one attached hydrogen (secondary N) is 1. The molecule has 0 saturated carbocycles. The first-order valence-corrected chi connectivity index (χ1v) is 11.1. The van der Waals surface area contributed by atoms with Crippen LogP contribution in [0.25, 0.3) is 0 Å². The molecule has 7 nitrogen and oxygen atoms in total. The summed E-state index contributed by atoms with van der Waals surface area (Å²) in [7, 11) is -2.45. The summed E-state index contributed by atoms with van der Waals surface area (Å²) in [5, 5.41) is 2.60. The number of carbonyl (C=O) groups is 2. The minimum absolute atomic E-state index is 0.116. The molecule has 0 saturated heterocycles. The van der Waals surface area contributed by atoms with Gasteiger partial charge in [-0.05, 0) is 55.6 Å². The SMILES string of the molecule is CCOC(=O)c1cccc(NC(=O)CN(C)S(=O)(=O)c2ccc(SC)cc2)c1. The fourth-order valence-corrected chi connectivity index (χ4v) is 3.89. The second-order valence-electron chi connectivity index (χ2n) is 5.79. The first kappa shape index (κ1) is 21.9. The van der Waals surface area contributed by atoms with E-state index in [1.807, 2.05) is 6.26 Å². The molecule has 0 aromatic heterocycles. The van der Waals surface area contributed by atoms with Crippen molar-refractivity contribution in [2.24, 2.45) is 0 Å². The number of nitrogens with zero attached hydrogens (tertiary/aromatic N) is 1. The van der Waals surface area contributed by atoms with Gasteiger partial charge >= 0.3 is 5.97 Å². The van der Waals surface area contributed by atoms with E-state index in [4.69, 9.17) is 4.74 Å². The molecule has 0 fully saturated rings. The van der Waals surface area contributed by atoms with E-state index in [9.17, 15) is 18.0 Å². The third kappa shape index (κ3) is 5.57. The summed E-state index contributed by atoms with van der Waals surface area (Å²) in [4.78, 5) is 25.1. The summed E-state index contributed by atoms with van der Waals surface area (Å²) in [5.74, 6) is -1.01. The topological polar surface area (TPSA) is 92.8 Å². The van der Waals surface area contributed by atoms with Gasteiger partial charge in [0.05, 0.1) is 23.6 Å². The zero-order valence-electron chi connectivity index (χ0n) is 15.8. The highest BCUT2D eigenvalue weighted by molar-refractivity contribution is 7.98. The molecule has 1 N–H and O–H groups in total. The number of likely N-dealkylation sites (N-methyl/N-ethyl adjacent to an activating group) is 1. The van der Waals surface area contributed by atoms with Gasteiger partial charge in [0.2, 0.25) is 15.9 Å². The average molecular weight is 423 g/mol. The van der Waals surface area contributed by atoms with Gasteiger partial charge in [-0.25, -0.2) is 13.2 Å². The minimum Gasteiger partial charge on any atom is -0.462 e. The van der Waals surface area contributed by atoms with Crippen molar-refractivity contribution in [2.75, 3.05) is 31.8 Å². The van der Waals surface area contributed by atoms with E-state index in [0.717, 1.165) is 9.20 Å². The second kappa shape index (κ2) is 9.72. The number of thioether (sulfide) groups is 1. The number of hydrogen-bond donors (Lipinski definition) is 1. The average Bonchev–Trinajstić information content (AvgIpc) is 2.68. The van der Waals surface area contributed by atoms with Crippen LogP contribution in [0.2, 0.25) is 0 Å². The molecule has 28 heavy (non-hydrogen) atoms. The Kier molecular flexibility index (Phi) is 7.61. The second-order valence-corrected chi connectivity index (χ2v) is 8.71. The van der Waals surface area contributed by atoms with E-state index in [2.05, 4.69) is 5.32 Å². The lowest BCUT2D eigenvalue weighted by Crippen LogP contribution is -2.35. The third-order valence-corrected chi connectivity index (χ3v) is 6.35. The molecule has 0 bridgehead atoms. The molecule has 0 heterocycles. The maximum Gasteiger partial charge on any atom is 0.338 e. The van der Waals surface area contributed by atoms with Crippen molar-refractivity contribution in [3.63, 3.8) is 0 Å². The van der Waals surface area contributed by atoms with Crippen LogP contribution in [-0.2, 0) is 19.6 Å². The molecule has 9 heteroatoms. The van der Waals surface area contributed by atoms with Crippen LogP contribution in [0.4, 0.5) is 5.69 Å². The van der Waals surface area contributed by atoms with Gasteiger partial charge in [0.1, 0.15) is 0 Å². The van der Waals surface area contributed by atoms with Gasteiger partial charge in [0.15, 0.2) is 0 Å². The standard InChI is InChI=1S/C19H22N2O5S2/c1-4-26-19(23)14-6-5-7-15(12-14)20-18(22)13-21(2)28(24,25)17-10-8-16(27-3)9-11-17/h5-12H,4,13H2,1-3H3,(H,20,22). The van der Waals surface area contributed by atoms with Crippen LogP contribution in [0.15, 0.2) is 58.3 Å². The molecule has 0 aliphatic heterocycles. The molecule has 1 amide bonds. The Morgan fingerprint density at radius 2 is 1.82 bits per heavy atom. The number of esters is 1. The largest absolute Gasteiger partial charge is 0.462 e. The third-order valence-electron chi connectivity index (χ3n) is 3.79. The van der Waals surface area contributed by atoms with Crippen LogP contribution in [0.1, 0.15) is 17.3 Å². The van der Waals surface area contributed by atoms with Gasteiger partial charge in [-0.1, -0.05) is 6.07 Å². The molecule has 0 unspecified atom stereocenters. The van der Waals surface area contributed by atoms with E-state index in [1.54, 1.807) is 37.3 Å². The first-order chi connectivity index (χ1) is 13.3. The molecule has 0 radical (unpaired) electrons. The van der Waals surface area contributed by atoms with Crippen molar-refractivity contribution < 1.29 is 22.7 Å².